The normalized spacial score (nSPS) is 20.7. The number of nitrogens with one attached hydrogen (secondary N) is 2. The van der Waals surface area contributed by atoms with Crippen LogP contribution in [0.4, 0.5) is 5.82 Å². The third kappa shape index (κ3) is 14.2. The van der Waals surface area contributed by atoms with Crippen LogP contribution in [0.3, 0.4) is 0 Å². The lowest BCUT2D eigenvalue weighted by Crippen LogP contribution is -2.57. The Bertz CT molecular complexity index is 2700. The van der Waals surface area contributed by atoms with Crippen molar-refractivity contribution >= 4 is 63.3 Å². The molecule has 3 aromatic heterocycles. The van der Waals surface area contributed by atoms with Crippen LogP contribution in [0.5, 0.6) is 5.75 Å². The Labute approximate surface area is 437 Å². The number of fused-ring (bicyclic) bond motifs is 1. The molecule has 74 heavy (non-hydrogen) atoms. The van der Waals surface area contributed by atoms with Gasteiger partial charge in [0.1, 0.15) is 66.6 Å². The number of aliphatic hydroxyl groups is 4. The van der Waals surface area contributed by atoms with E-state index in [1.807, 2.05) is 52.0 Å². The second-order valence-electron chi connectivity index (χ2n) is 19.3. The summed E-state index contributed by atoms with van der Waals surface area (Å²) in [6, 6.07) is 12.1. The zero-order valence-electron chi connectivity index (χ0n) is 41.7. The highest BCUT2D eigenvalue weighted by Crippen LogP contribution is 2.39. The summed E-state index contributed by atoms with van der Waals surface area (Å²) in [6.45, 7) is 8.74. The Hall–Kier alpha value is -5.66. The summed E-state index contributed by atoms with van der Waals surface area (Å²) in [5.41, 5.74) is 10.6. The second kappa shape index (κ2) is 25.7. The van der Waals surface area contributed by atoms with Gasteiger partial charge in [-0.05, 0) is 53.6 Å². The number of nitrogens with zero attached hydrogens (tertiary/aromatic N) is 5. The van der Waals surface area contributed by atoms with Crippen molar-refractivity contribution < 1.29 is 63.3 Å². The molecule has 3 amide bonds. The number of β-amino-alcohol motifs (C(OH)–C–C–N with tert-alkyl or cyclic N) is 1. The van der Waals surface area contributed by atoms with Gasteiger partial charge >= 0.3 is 0 Å². The van der Waals surface area contributed by atoms with Crippen LogP contribution in [0.2, 0.25) is 5.02 Å². The first kappa shape index (κ1) is 56.1. The number of aryl methyl sites for hydroxylation is 1. The average molecular weight is 1070 g/mol. The predicted octanol–water partition coefficient (Wildman–Crippen LogP) is 3.43. The fraction of sp³-hybridized carbons (Fsp3) is 0.510. The minimum absolute atomic E-state index is 0.0159. The maximum absolute atomic E-state index is 14.0. The van der Waals surface area contributed by atoms with Crippen molar-refractivity contribution in [3.05, 3.63) is 88.4 Å². The molecule has 0 spiro atoms. The maximum Gasteiger partial charge on any atom is 0.246 e. The third-order valence-corrected chi connectivity index (χ3v) is 14.0. The minimum atomic E-state index is -1.47. The van der Waals surface area contributed by atoms with E-state index >= 15 is 0 Å². The molecular formula is C51H65ClN8O13S. The lowest BCUT2D eigenvalue weighted by molar-refractivity contribution is -0.144. The first-order chi connectivity index (χ1) is 35.4. The number of hydrogen-bond donors (Lipinski definition) is 7. The van der Waals surface area contributed by atoms with E-state index in [4.69, 9.17) is 41.0 Å². The van der Waals surface area contributed by atoms with Crippen molar-refractivity contribution in [1.29, 1.82) is 0 Å². The number of halogens is 1. The largest absolute Gasteiger partial charge is 0.484 e. The van der Waals surface area contributed by atoms with Crippen molar-refractivity contribution in [2.45, 2.75) is 109 Å². The van der Waals surface area contributed by atoms with E-state index in [-0.39, 0.29) is 106 Å². The van der Waals surface area contributed by atoms with E-state index in [0.717, 1.165) is 21.7 Å². The lowest BCUT2D eigenvalue weighted by Gasteiger charge is -2.35. The van der Waals surface area contributed by atoms with Gasteiger partial charge in [0.2, 0.25) is 17.7 Å². The number of benzene rings is 2. The van der Waals surface area contributed by atoms with Gasteiger partial charge in [-0.2, -0.15) is 0 Å². The topological polar surface area (TPSA) is 292 Å². The molecule has 8 N–H and O–H groups in total. The molecule has 0 radical (unpaired) electrons. The van der Waals surface area contributed by atoms with Gasteiger partial charge in [-0.25, -0.2) is 15.0 Å². The zero-order valence-corrected chi connectivity index (χ0v) is 43.3. The van der Waals surface area contributed by atoms with E-state index in [1.165, 1.54) is 34.0 Å². The fourth-order valence-electron chi connectivity index (χ4n) is 8.70. The van der Waals surface area contributed by atoms with E-state index in [9.17, 15) is 39.6 Å². The molecule has 0 unspecified atom stereocenters. The van der Waals surface area contributed by atoms with Crippen molar-refractivity contribution in [3.63, 3.8) is 0 Å². The number of Topliss-reactive ketones (excluding diaryl/α,β-unsaturated/α-hetero) is 1. The van der Waals surface area contributed by atoms with E-state index in [2.05, 4.69) is 25.6 Å². The van der Waals surface area contributed by atoms with Gasteiger partial charge in [-0.1, -0.05) is 62.7 Å². The number of aliphatic hydroxyl groups excluding tert-OH is 4. The molecule has 2 aliphatic heterocycles. The van der Waals surface area contributed by atoms with Crippen LogP contribution < -0.4 is 21.1 Å². The monoisotopic (exact) mass is 1060 g/mol. The van der Waals surface area contributed by atoms with Crippen LogP contribution in [0.25, 0.3) is 21.5 Å². The summed E-state index contributed by atoms with van der Waals surface area (Å²) in [4.78, 5) is 68.0. The molecule has 2 saturated heterocycles. The molecule has 0 aliphatic carbocycles. The van der Waals surface area contributed by atoms with Gasteiger partial charge in [0.25, 0.3) is 0 Å². The number of ether oxygens (including phenoxy) is 5. The minimum Gasteiger partial charge on any atom is -0.484 e. The molecule has 0 saturated carbocycles. The third-order valence-electron chi connectivity index (χ3n) is 12.8. The molecule has 400 valence electrons. The predicted molar refractivity (Wildman–Crippen MR) is 273 cm³/mol. The number of nitrogens with two attached hydrogens (primary N) is 1. The number of ketones is 1. The number of rotatable bonds is 25. The molecule has 2 aliphatic rings. The van der Waals surface area contributed by atoms with Crippen LogP contribution in [0, 0.1) is 12.3 Å². The van der Waals surface area contributed by atoms with Gasteiger partial charge in [-0.15, -0.1) is 11.3 Å². The number of nitrogen functional groups attached to an aromatic ring is 1. The number of aromatic nitrogens is 4. The quantitative estimate of drug-likeness (QED) is 0.0412. The van der Waals surface area contributed by atoms with Crippen LogP contribution >= 0.6 is 22.9 Å². The Morgan fingerprint density at radius 3 is 2.35 bits per heavy atom. The summed E-state index contributed by atoms with van der Waals surface area (Å²) >= 11 is 7.91. The van der Waals surface area contributed by atoms with Crippen LogP contribution in [0.1, 0.15) is 75.6 Å². The Morgan fingerprint density at radius 2 is 1.65 bits per heavy atom. The molecule has 23 heteroatoms. The number of carbonyl (C=O) groups excluding carboxylic acids is 4. The average Bonchev–Trinajstić information content (AvgIpc) is 4.17. The van der Waals surface area contributed by atoms with Crippen molar-refractivity contribution in [2.75, 3.05) is 58.5 Å². The van der Waals surface area contributed by atoms with Gasteiger partial charge in [0, 0.05) is 45.2 Å². The standard InChI is InChI=1S/C51H65ClN8O13S/c1-29-44(74-28-57-29)31-9-7-30(8-10-31)24-54-48(67)37-23-34(62)25-60(37)49(68)45(51(2,3)4)58-39(63)14-17-70-19-21-71-20-18-69-16-5-6-33(61)26-72-38-22-32(11-12-36(38)52)40(64)43-41(65)42(66)50(73-43)59-15-13-35-46(53)55-27-56-47(35)59/h7-13,15,22,27-28,34,37,40-43,45,50,62,64-66H,5-6,14,16-21,23-26H2,1-4H3,(H,54,67)(H,58,63)(H2,53,55,56)/t34-,37+,40-,41+,42-,43-,45-,50-/m1/s1. The molecule has 8 atom stereocenters. The highest BCUT2D eigenvalue weighted by molar-refractivity contribution is 7.13. The molecule has 7 rings (SSSR count). The molecule has 5 heterocycles. The molecular weight excluding hydrogens is 1000 g/mol. The summed E-state index contributed by atoms with van der Waals surface area (Å²) in [5.74, 6) is -1.07. The van der Waals surface area contributed by atoms with E-state index < -0.39 is 66.1 Å². The van der Waals surface area contributed by atoms with Crippen LogP contribution in [0.15, 0.2) is 66.6 Å². The summed E-state index contributed by atoms with van der Waals surface area (Å²) in [6.07, 6.45) is -3.95. The summed E-state index contributed by atoms with van der Waals surface area (Å²) in [7, 11) is 0. The van der Waals surface area contributed by atoms with Gasteiger partial charge in [-0.3, -0.25) is 19.2 Å². The first-order valence-corrected chi connectivity index (χ1v) is 25.7. The maximum atomic E-state index is 14.0. The lowest BCUT2D eigenvalue weighted by atomic mass is 9.85. The summed E-state index contributed by atoms with van der Waals surface area (Å²) in [5, 5.41) is 50.0. The number of carbonyl (C=O) groups is 4. The SMILES string of the molecule is Cc1ncsc1-c1ccc(CNC(=O)[C@@H]2C[C@@H](O)CN2C(=O)[C@@H](NC(=O)CCOCCOCCOCCCC(=O)COc2cc([C@@H](O)[C@H]3O[C@@H](n4ccc5c(N)ncnc54)[C@H](O)[C@@H]3O)ccc2Cl)C(C)(C)C)cc1. The Balaban J connectivity index is 0.737. The molecule has 5 aromatic rings. The number of anilines is 1. The Kier molecular flexibility index (Phi) is 19.5. The van der Waals surface area contributed by atoms with Crippen molar-refractivity contribution in [2.24, 2.45) is 5.41 Å². The zero-order chi connectivity index (χ0) is 53.1. The molecule has 21 nitrogen and oxygen atoms in total. The van der Waals surface area contributed by atoms with E-state index in [1.54, 1.807) is 29.1 Å². The molecule has 2 aromatic carbocycles. The Morgan fingerprint density at radius 1 is 0.932 bits per heavy atom. The number of thiazole rings is 1. The van der Waals surface area contributed by atoms with Gasteiger partial charge in [0.05, 0.1) is 65.6 Å². The molecule has 0 bridgehead atoms. The smallest absolute Gasteiger partial charge is 0.246 e. The van der Waals surface area contributed by atoms with E-state index in [0.29, 0.717) is 24.1 Å². The van der Waals surface area contributed by atoms with Gasteiger partial charge < -0.3 is 69.9 Å². The van der Waals surface area contributed by atoms with Crippen LogP contribution in [-0.4, -0.2) is 158 Å². The number of hydrogen-bond acceptors (Lipinski definition) is 18. The highest BCUT2D eigenvalue weighted by atomic mass is 35.5. The number of amides is 3. The number of likely N-dealkylation sites (tertiary alicyclic amines) is 1. The molecule has 2 fully saturated rings. The first-order valence-electron chi connectivity index (χ1n) is 24.4. The van der Waals surface area contributed by atoms with Crippen LogP contribution in [-0.2, 0) is 44.7 Å². The fourth-order valence-corrected chi connectivity index (χ4v) is 9.68. The highest BCUT2D eigenvalue weighted by Gasteiger charge is 2.48. The van der Waals surface area contributed by atoms with Crippen molar-refractivity contribution in [1.82, 2.24) is 35.1 Å². The van der Waals surface area contributed by atoms with Crippen molar-refractivity contribution in [3.8, 4) is 16.2 Å². The second-order valence-corrected chi connectivity index (χ2v) is 20.6. The summed E-state index contributed by atoms with van der Waals surface area (Å²) < 4.78 is 29.9. The van der Waals surface area contributed by atoms with Gasteiger partial charge in [0.15, 0.2) is 12.0 Å².